The van der Waals surface area contributed by atoms with Crippen LogP contribution in [0.15, 0.2) is 46.1 Å². The Hall–Kier alpha value is -2.94. The van der Waals surface area contributed by atoms with Gasteiger partial charge in [0.2, 0.25) is 5.75 Å². The van der Waals surface area contributed by atoms with Crippen LogP contribution in [0.4, 0.5) is 0 Å². The molecule has 0 saturated heterocycles. The largest absolute Gasteiger partial charge is 0.481 e. The summed E-state index contributed by atoms with van der Waals surface area (Å²) in [5.41, 5.74) is -0.884. The molecule has 0 aliphatic carbocycles. The number of para-hydroxylation sites is 1. The Bertz CT molecular complexity index is 810. The molecule has 0 unspecified atom stereocenters. The normalized spacial score (nSPS) is 9.73. The summed E-state index contributed by atoms with van der Waals surface area (Å²) in [6.45, 7) is 0.282. The van der Waals surface area contributed by atoms with Crippen molar-refractivity contribution in [2.45, 2.75) is 0 Å². The molecule has 0 amide bonds. The van der Waals surface area contributed by atoms with Gasteiger partial charge in [0.05, 0.1) is 6.20 Å². The average molecular weight is 300 g/mol. The molecule has 6 heteroatoms. The number of ether oxygens (including phenoxy) is 2. The van der Waals surface area contributed by atoms with E-state index in [1.165, 1.54) is 17.8 Å². The summed E-state index contributed by atoms with van der Waals surface area (Å²) in [6.07, 6.45) is 1.35. The molecule has 0 radical (unpaired) electrons. The first-order valence-corrected chi connectivity index (χ1v) is 6.62. The van der Waals surface area contributed by atoms with Crippen LogP contribution in [0.3, 0.4) is 0 Å². The van der Waals surface area contributed by atoms with E-state index >= 15 is 0 Å². The molecule has 6 nitrogen and oxygen atoms in total. The van der Waals surface area contributed by atoms with E-state index in [9.17, 15) is 9.59 Å². The maximum Gasteiger partial charge on any atom is 0.330 e. The van der Waals surface area contributed by atoms with E-state index in [1.807, 2.05) is 30.3 Å². The summed E-state index contributed by atoms with van der Waals surface area (Å²) in [7, 11) is 2.95. The zero-order valence-corrected chi connectivity index (χ0v) is 12.4. The minimum Gasteiger partial charge on any atom is -0.481 e. The molecule has 22 heavy (non-hydrogen) atoms. The fourth-order valence-corrected chi connectivity index (χ4v) is 1.73. The lowest BCUT2D eigenvalue weighted by Crippen LogP contribution is -2.37. The Morgan fingerprint density at radius 1 is 1.00 bits per heavy atom. The number of benzene rings is 1. The number of aryl methyl sites for hydroxylation is 1. The van der Waals surface area contributed by atoms with Gasteiger partial charge in [-0.15, -0.1) is 0 Å². The first kappa shape index (κ1) is 15.4. The van der Waals surface area contributed by atoms with E-state index in [-0.39, 0.29) is 19.0 Å². The van der Waals surface area contributed by atoms with Crippen molar-refractivity contribution in [1.29, 1.82) is 0 Å². The van der Waals surface area contributed by atoms with Crippen LogP contribution in [0.5, 0.6) is 11.5 Å². The SMILES string of the molecule is Cn1cc(OCC#CCOc2ccccc2)c(=O)n(C)c1=O. The molecule has 0 aliphatic rings. The van der Waals surface area contributed by atoms with Crippen LogP contribution in [0, 0.1) is 11.8 Å². The molecule has 0 N–H and O–H groups in total. The van der Waals surface area contributed by atoms with E-state index < -0.39 is 11.2 Å². The lowest BCUT2D eigenvalue weighted by Gasteiger charge is -2.06. The number of rotatable bonds is 4. The van der Waals surface area contributed by atoms with Crippen LogP contribution in [0.25, 0.3) is 0 Å². The van der Waals surface area contributed by atoms with Gasteiger partial charge in [-0.1, -0.05) is 30.0 Å². The van der Waals surface area contributed by atoms with E-state index in [2.05, 4.69) is 11.8 Å². The van der Waals surface area contributed by atoms with Crippen molar-refractivity contribution in [2.75, 3.05) is 13.2 Å². The van der Waals surface area contributed by atoms with E-state index in [4.69, 9.17) is 9.47 Å². The van der Waals surface area contributed by atoms with Crippen LogP contribution in [-0.4, -0.2) is 22.3 Å². The molecule has 0 bridgehead atoms. The Kier molecular flexibility index (Phi) is 5.04. The van der Waals surface area contributed by atoms with E-state index in [0.29, 0.717) is 0 Å². The Morgan fingerprint density at radius 2 is 1.64 bits per heavy atom. The van der Waals surface area contributed by atoms with E-state index in [1.54, 1.807) is 7.05 Å². The summed E-state index contributed by atoms with van der Waals surface area (Å²) < 4.78 is 12.9. The average Bonchev–Trinajstić information content (AvgIpc) is 2.54. The van der Waals surface area contributed by atoms with Gasteiger partial charge in [-0.25, -0.2) is 4.79 Å². The van der Waals surface area contributed by atoms with Gasteiger partial charge in [-0.05, 0) is 12.1 Å². The van der Waals surface area contributed by atoms with Gasteiger partial charge in [-0.3, -0.25) is 13.9 Å². The predicted octanol–water partition coefficient (Wildman–Crippen LogP) is 0.545. The van der Waals surface area contributed by atoms with Gasteiger partial charge >= 0.3 is 5.69 Å². The van der Waals surface area contributed by atoms with Gasteiger partial charge in [-0.2, -0.15) is 0 Å². The first-order valence-electron chi connectivity index (χ1n) is 6.62. The van der Waals surface area contributed by atoms with Crippen molar-refractivity contribution >= 4 is 0 Å². The highest BCUT2D eigenvalue weighted by Gasteiger charge is 2.06. The summed E-state index contributed by atoms with van der Waals surface area (Å²) in [5, 5.41) is 0. The number of aromatic nitrogens is 2. The summed E-state index contributed by atoms with van der Waals surface area (Å²) in [4.78, 5) is 23.3. The predicted molar refractivity (Wildman–Crippen MR) is 82.1 cm³/mol. The molecule has 0 spiro atoms. The van der Waals surface area contributed by atoms with Gasteiger partial charge in [0, 0.05) is 14.1 Å². The molecule has 1 aromatic carbocycles. The van der Waals surface area contributed by atoms with Gasteiger partial charge in [0.1, 0.15) is 19.0 Å². The molecule has 2 rings (SSSR count). The third kappa shape index (κ3) is 3.79. The smallest absolute Gasteiger partial charge is 0.330 e. The highest BCUT2D eigenvalue weighted by molar-refractivity contribution is 5.21. The molecular formula is C16H16N2O4. The third-order valence-electron chi connectivity index (χ3n) is 2.89. The molecule has 114 valence electrons. The van der Waals surface area contributed by atoms with Crippen LogP contribution >= 0.6 is 0 Å². The van der Waals surface area contributed by atoms with Crippen molar-refractivity contribution in [3.05, 3.63) is 57.4 Å². The number of hydrogen-bond acceptors (Lipinski definition) is 4. The van der Waals surface area contributed by atoms with Gasteiger partial charge in [0.25, 0.3) is 5.56 Å². The standard InChI is InChI=1S/C16H16N2O4/c1-17-12-14(15(19)18(2)16(17)20)22-11-7-6-10-21-13-8-4-3-5-9-13/h3-5,8-9,12H,10-11H2,1-2H3. The fourth-order valence-electron chi connectivity index (χ4n) is 1.73. The van der Waals surface area contributed by atoms with Crippen LogP contribution in [-0.2, 0) is 14.1 Å². The highest BCUT2D eigenvalue weighted by atomic mass is 16.5. The number of nitrogens with zero attached hydrogens (tertiary/aromatic N) is 2. The van der Waals surface area contributed by atoms with Crippen molar-refractivity contribution in [1.82, 2.24) is 9.13 Å². The summed E-state index contributed by atoms with van der Waals surface area (Å²) in [6, 6.07) is 9.33. The van der Waals surface area contributed by atoms with Crippen LogP contribution < -0.4 is 20.7 Å². The molecule has 0 atom stereocenters. The second-order valence-corrected chi connectivity index (χ2v) is 4.49. The van der Waals surface area contributed by atoms with Crippen LogP contribution in [0.2, 0.25) is 0 Å². The quantitative estimate of drug-likeness (QED) is 0.774. The van der Waals surface area contributed by atoms with Crippen LogP contribution in [0.1, 0.15) is 0 Å². The molecular weight excluding hydrogens is 284 g/mol. The molecule has 1 aromatic heterocycles. The minimum atomic E-state index is -0.481. The fraction of sp³-hybridized carbons (Fsp3) is 0.250. The molecule has 1 heterocycles. The lowest BCUT2D eigenvalue weighted by molar-refractivity contribution is 0.352. The summed E-state index contributed by atoms with van der Waals surface area (Å²) >= 11 is 0. The second-order valence-electron chi connectivity index (χ2n) is 4.49. The first-order chi connectivity index (χ1) is 10.6. The van der Waals surface area contributed by atoms with Crippen molar-refractivity contribution in [2.24, 2.45) is 14.1 Å². The monoisotopic (exact) mass is 300 g/mol. The molecule has 0 saturated carbocycles. The van der Waals surface area contributed by atoms with Crippen molar-refractivity contribution in [3.8, 4) is 23.3 Å². The zero-order chi connectivity index (χ0) is 15.9. The molecule has 0 fully saturated rings. The zero-order valence-electron chi connectivity index (χ0n) is 12.4. The molecule has 2 aromatic rings. The number of hydrogen-bond donors (Lipinski definition) is 0. The third-order valence-corrected chi connectivity index (χ3v) is 2.89. The van der Waals surface area contributed by atoms with Gasteiger partial charge < -0.3 is 9.47 Å². The topological polar surface area (TPSA) is 62.5 Å². The lowest BCUT2D eigenvalue weighted by atomic mass is 10.3. The maximum atomic E-state index is 11.8. The van der Waals surface area contributed by atoms with Gasteiger partial charge in [0.15, 0.2) is 0 Å². The Labute approximate surface area is 127 Å². The van der Waals surface area contributed by atoms with Crippen molar-refractivity contribution in [3.63, 3.8) is 0 Å². The molecule has 0 aliphatic heterocycles. The Balaban J connectivity index is 1.89. The van der Waals surface area contributed by atoms with Crippen molar-refractivity contribution < 1.29 is 9.47 Å². The maximum absolute atomic E-state index is 11.8. The minimum absolute atomic E-state index is 0.0472. The summed E-state index contributed by atoms with van der Waals surface area (Å²) in [5.74, 6) is 6.37. The second kappa shape index (κ2) is 7.18. The Morgan fingerprint density at radius 3 is 2.32 bits per heavy atom. The van der Waals surface area contributed by atoms with E-state index in [0.717, 1.165) is 10.3 Å². The highest BCUT2D eigenvalue weighted by Crippen LogP contribution is 2.07.